The zero-order valence-corrected chi connectivity index (χ0v) is 17.2. The summed E-state index contributed by atoms with van der Waals surface area (Å²) in [5.74, 6) is -0.624. The smallest absolute Gasteiger partial charge is 0.344 e. The summed E-state index contributed by atoms with van der Waals surface area (Å²) in [4.78, 5) is 24.4. The number of carbonyl (C=O) groups excluding carboxylic acids is 2. The Hall–Kier alpha value is -1.50. The van der Waals surface area contributed by atoms with Crippen molar-refractivity contribution in [1.82, 2.24) is 9.78 Å². The summed E-state index contributed by atoms with van der Waals surface area (Å²) in [6, 6.07) is 0. The molecule has 1 aromatic rings. The van der Waals surface area contributed by atoms with Gasteiger partial charge in [-0.1, -0.05) is 58.3 Å². The normalized spacial score (nSPS) is 10.9. The summed E-state index contributed by atoms with van der Waals surface area (Å²) in [5, 5.41) is 4.62. The van der Waals surface area contributed by atoms with Gasteiger partial charge >= 0.3 is 5.97 Å². The van der Waals surface area contributed by atoms with Gasteiger partial charge in [-0.15, -0.1) is 11.8 Å². The summed E-state index contributed by atoms with van der Waals surface area (Å²) >= 11 is 1.28. The van der Waals surface area contributed by atoms with Crippen LogP contribution in [0.5, 0.6) is 0 Å². The van der Waals surface area contributed by atoms with E-state index in [1.807, 2.05) is 0 Å². The first kappa shape index (κ1) is 22.5. The van der Waals surface area contributed by atoms with Crippen molar-refractivity contribution in [3.05, 3.63) is 5.56 Å². The average Bonchev–Trinajstić information content (AvgIpc) is 2.97. The lowest BCUT2D eigenvalue weighted by Crippen LogP contribution is -2.16. The number of nitrogens with zero attached hydrogens (tertiary/aromatic N) is 2. The van der Waals surface area contributed by atoms with Gasteiger partial charge in [0.1, 0.15) is 16.4 Å². The van der Waals surface area contributed by atoms with Gasteiger partial charge < -0.3 is 10.5 Å². The Morgan fingerprint density at radius 2 is 1.62 bits per heavy atom. The number of anilines is 1. The second-order valence-corrected chi connectivity index (χ2v) is 7.17. The number of nitrogens with two attached hydrogens (primary N) is 1. The number of unbranched alkanes of at least 4 members (excludes halogenated alkanes) is 8. The number of ether oxygens (including phenoxy) is 1. The molecular weight excluding hydrogens is 350 g/mol. The van der Waals surface area contributed by atoms with Crippen molar-refractivity contribution < 1.29 is 14.3 Å². The molecule has 0 aliphatic heterocycles. The number of thioether (sulfide) groups is 1. The van der Waals surface area contributed by atoms with Gasteiger partial charge in [0.15, 0.2) is 0 Å². The average molecular weight is 384 g/mol. The molecule has 0 unspecified atom stereocenters. The molecule has 0 aliphatic rings. The fourth-order valence-electron chi connectivity index (χ4n) is 2.83. The maximum atomic E-state index is 12.4. The number of hydrogen-bond acceptors (Lipinski definition) is 6. The largest absolute Gasteiger partial charge is 0.462 e. The van der Waals surface area contributed by atoms with E-state index in [9.17, 15) is 9.59 Å². The van der Waals surface area contributed by atoms with Crippen molar-refractivity contribution >= 4 is 29.5 Å². The van der Waals surface area contributed by atoms with E-state index < -0.39 is 5.97 Å². The third-order valence-corrected chi connectivity index (χ3v) is 4.96. The molecule has 0 atom stereocenters. The molecule has 6 nitrogen and oxygen atoms in total. The van der Waals surface area contributed by atoms with Gasteiger partial charge in [-0.3, -0.25) is 4.79 Å². The van der Waals surface area contributed by atoms with Gasteiger partial charge in [-0.2, -0.15) is 9.78 Å². The molecule has 0 fully saturated rings. The molecular formula is C19H33N3O3S. The maximum absolute atomic E-state index is 12.4. The predicted octanol–water partition coefficient (Wildman–Crippen LogP) is 4.93. The fraction of sp³-hybridized carbons (Fsp3) is 0.737. The minimum Gasteiger partial charge on any atom is -0.462 e. The van der Waals surface area contributed by atoms with Crippen LogP contribution in [0.15, 0.2) is 5.03 Å². The van der Waals surface area contributed by atoms with Crippen molar-refractivity contribution in [1.29, 1.82) is 0 Å². The molecule has 148 valence electrons. The van der Waals surface area contributed by atoms with Crippen LogP contribution >= 0.6 is 11.8 Å². The molecule has 1 heterocycles. The van der Waals surface area contributed by atoms with Crippen molar-refractivity contribution in [2.45, 2.75) is 83.1 Å². The highest BCUT2D eigenvalue weighted by molar-refractivity contribution is 7.98. The van der Waals surface area contributed by atoms with E-state index in [-0.39, 0.29) is 23.9 Å². The van der Waals surface area contributed by atoms with E-state index in [2.05, 4.69) is 12.0 Å². The minimum atomic E-state index is -0.531. The first-order chi connectivity index (χ1) is 12.6. The molecule has 7 heteroatoms. The van der Waals surface area contributed by atoms with Gasteiger partial charge in [-0.25, -0.2) is 4.79 Å². The molecule has 0 aliphatic carbocycles. The summed E-state index contributed by atoms with van der Waals surface area (Å²) < 4.78 is 6.16. The van der Waals surface area contributed by atoms with Gasteiger partial charge in [0.05, 0.1) is 6.61 Å². The third-order valence-electron chi connectivity index (χ3n) is 4.29. The Bertz CT molecular complexity index is 573. The highest BCUT2D eigenvalue weighted by atomic mass is 32.2. The van der Waals surface area contributed by atoms with Crippen molar-refractivity contribution in [2.24, 2.45) is 0 Å². The van der Waals surface area contributed by atoms with E-state index in [0.717, 1.165) is 23.9 Å². The number of esters is 1. The molecule has 0 bridgehead atoms. The third kappa shape index (κ3) is 7.02. The van der Waals surface area contributed by atoms with Crippen molar-refractivity contribution in [3.8, 4) is 0 Å². The molecule has 2 N–H and O–H groups in total. The molecule has 26 heavy (non-hydrogen) atoms. The summed E-state index contributed by atoms with van der Waals surface area (Å²) in [6.07, 6.45) is 12.9. The highest BCUT2D eigenvalue weighted by Crippen LogP contribution is 2.26. The molecule has 0 aromatic carbocycles. The van der Waals surface area contributed by atoms with Gasteiger partial charge in [0, 0.05) is 6.42 Å². The van der Waals surface area contributed by atoms with Crippen LogP contribution in [0.4, 0.5) is 5.82 Å². The number of hydrogen-bond donors (Lipinski definition) is 1. The van der Waals surface area contributed by atoms with Crippen LogP contribution in [0.3, 0.4) is 0 Å². The fourth-order valence-corrected chi connectivity index (χ4v) is 3.39. The van der Waals surface area contributed by atoms with E-state index in [0.29, 0.717) is 11.4 Å². The van der Waals surface area contributed by atoms with Crippen LogP contribution in [0, 0.1) is 0 Å². The zero-order chi connectivity index (χ0) is 19.4. The number of carbonyl (C=O) groups is 2. The van der Waals surface area contributed by atoms with Gasteiger partial charge in [0.2, 0.25) is 5.91 Å². The molecule has 1 rings (SSSR count). The number of nitrogen functional groups attached to an aromatic ring is 1. The quantitative estimate of drug-likeness (QED) is 0.295. The van der Waals surface area contributed by atoms with Crippen molar-refractivity contribution in [3.63, 3.8) is 0 Å². The molecule has 0 spiro atoms. The van der Waals surface area contributed by atoms with E-state index in [1.54, 1.807) is 13.2 Å². The number of aromatic nitrogens is 2. The predicted molar refractivity (Wildman–Crippen MR) is 107 cm³/mol. The maximum Gasteiger partial charge on any atom is 0.344 e. The summed E-state index contributed by atoms with van der Waals surface area (Å²) in [6.45, 7) is 4.21. The standard InChI is InChI=1S/C19H33N3O3S/c1-4-6-7-8-9-10-11-12-13-14-15(23)22-17(20)16(18(21-22)26-3)19(24)25-5-2/h4-14,20H2,1-3H3. The van der Waals surface area contributed by atoms with Crippen LogP contribution in [-0.2, 0) is 4.74 Å². The molecule has 0 radical (unpaired) electrons. The Labute approximate surface area is 161 Å². The first-order valence-corrected chi connectivity index (χ1v) is 10.9. The van der Waals surface area contributed by atoms with Crippen LogP contribution in [0.25, 0.3) is 0 Å². The Morgan fingerprint density at radius 3 is 2.15 bits per heavy atom. The monoisotopic (exact) mass is 383 g/mol. The summed E-state index contributed by atoms with van der Waals surface area (Å²) in [5.41, 5.74) is 6.18. The Morgan fingerprint density at radius 1 is 1.04 bits per heavy atom. The van der Waals surface area contributed by atoms with E-state index in [4.69, 9.17) is 10.5 Å². The van der Waals surface area contributed by atoms with Crippen LogP contribution in [-0.4, -0.2) is 34.5 Å². The second-order valence-electron chi connectivity index (χ2n) is 6.37. The topological polar surface area (TPSA) is 87.2 Å². The Kier molecular flexibility index (Phi) is 11.1. The second kappa shape index (κ2) is 12.8. The van der Waals surface area contributed by atoms with E-state index in [1.165, 1.54) is 50.3 Å². The lowest BCUT2D eigenvalue weighted by atomic mass is 10.1. The molecule has 0 saturated heterocycles. The zero-order valence-electron chi connectivity index (χ0n) is 16.4. The van der Waals surface area contributed by atoms with Crippen LogP contribution < -0.4 is 5.73 Å². The molecule has 0 amide bonds. The van der Waals surface area contributed by atoms with Gasteiger partial charge in [0.25, 0.3) is 0 Å². The van der Waals surface area contributed by atoms with Crippen LogP contribution in [0.1, 0.15) is 93.2 Å². The lowest BCUT2D eigenvalue weighted by Gasteiger charge is -2.04. The first-order valence-electron chi connectivity index (χ1n) is 9.69. The Balaban J connectivity index is 2.44. The lowest BCUT2D eigenvalue weighted by molar-refractivity contribution is 0.0523. The van der Waals surface area contributed by atoms with Crippen LogP contribution in [0.2, 0.25) is 0 Å². The molecule has 1 aromatic heterocycles. The SMILES string of the molecule is CCCCCCCCCCCC(=O)n1nc(SC)c(C(=O)OCC)c1N. The highest BCUT2D eigenvalue weighted by Gasteiger charge is 2.25. The summed E-state index contributed by atoms with van der Waals surface area (Å²) in [7, 11) is 0. The van der Waals surface area contributed by atoms with Gasteiger partial charge in [-0.05, 0) is 19.6 Å². The number of rotatable bonds is 13. The molecule has 0 saturated carbocycles. The minimum absolute atomic E-state index is 0.0775. The van der Waals surface area contributed by atoms with Crippen molar-refractivity contribution in [2.75, 3.05) is 18.6 Å². The van der Waals surface area contributed by atoms with E-state index >= 15 is 0 Å².